The first-order valence-electron chi connectivity index (χ1n) is 7.70. The van der Waals surface area contributed by atoms with Gasteiger partial charge in [-0.15, -0.1) is 0 Å². The van der Waals surface area contributed by atoms with E-state index < -0.39 is 0 Å². The van der Waals surface area contributed by atoms with E-state index >= 15 is 0 Å². The van der Waals surface area contributed by atoms with Crippen LogP contribution < -0.4 is 4.87 Å². The van der Waals surface area contributed by atoms with Crippen LogP contribution in [0, 0.1) is 0 Å². The molecule has 0 saturated heterocycles. The van der Waals surface area contributed by atoms with E-state index in [1.54, 1.807) is 28.7 Å². The van der Waals surface area contributed by atoms with Crippen molar-refractivity contribution in [2.24, 2.45) is 14.1 Å². The number of hydrogen-bond acceptors (Lipinski definition) is 5. The summed E-state index contributed by atoms with van der Waals surface area (Å²) >= 11 is 1.25. The molecule has 3 aromatic heterocycles. The molecule has 0 aliphatic rings. The highest BCUT2D eigenvalue weighted by atomic mass is 32.1. The minimum Gasteiger partial charge on any atom is -0.302 e. The molecule has 4 rings (SSSR count). The highest BCUT2D eigenvalue weighted by molar-refractivity contribution is 7.16. The van der Waals surface area contributed by atoms with E-state index in [9.17, 15) is 4.79 Å². The van der Waals surface area contributed by atoms with Crippen molar-refractivity contribution in [1.29, 1.82) is 0 Å². The molecule has 0 unspecified atom stereocenters. The van der Waals surface area contributed by atoms with Crippen LogP contribution in [0.15, 0.2) is 47.7 Å². The van der Waals surface area contributed by atoms with E-state index in [0.29, 0.717) is 5.82 Å². The van der Waals surface area contributed by atoms with Gasteiger partial charge in [0.15, 0.2) is 5.82 Å². The van der Waals surface area contributed by atoms with E-state index in [1.165, 1.54) is 11.3 Å². The monoisotopic (exact) mass is 349 g/mol. The van der Waals surface area contributed by atoms with Crippen molar-refractivity contribution in [3.8, 4) is 11.3 Å². The molecule has 0 amide bonds. The molecule has 0 aliphatic carbocycles. The third kappa shape index (κ3) is 3.01. The number of aryl methyl sites for hydroxylation is 2. The Bertz CT molecular complexity index is 1150. The Kier molecular flexibility index (Phi) is 3.77. The van der Waals surface area contributed by atoms with Crippen LogP contribution in [0.3, 0.4) is 0 Å². The lowest BCUT2D eigenvalue weighted by molar-refractivity contribution is 0.768. The van der Waals surface area contributed by atoms with Gasteiger partial charge in [-0.05, 0) is 29.8 Å². The Morgan fingerprint density at radius 2 is 2.04 bits per heavy atom. The molecule has 0 aliphatic heterocycles. The summed E-state index contributed by atoms with van der Waals surface area (Å²) in [5.41, 5.74) is 3.74. The first kappa shape index (κ1) is 15.5. The summed E-state index contributed by atoms with van der Waals surface area (Å²) in [4.78, 5) is 20.6. The number of hydrogen-bond donors (Lipinski definition) is 0. The fourth-order valence-electron chi connectivity index (χ4n) is 2.59. The van der Waals surface area contributed by atoms with Gasteiger partial charge in [-0.2, -0.15) is 5.10 Å². The van der Waals surface area contributed by atoms with Gasteiger partial charge in [-0.25, -0.2) is 9.97 Å². The van der Waals surface area contributed by atoms with Crippen molar-refractivity contribution >= 4 is 33.7 Å². The Morgan fingerprint density at radius 3 is 2.84 bits per heavy atom. The highest BCUT2D eigenvalue weighted by Gasteiger charge is 2.05. The summed E-state index contributed by atoms with van der Waals surface area (Å²) in [6.07, 6.45) is 9.25. The molecule has 0 bridgehead atoms. The second kappa shape index (κ2) is 6.10. The first-order chi connectivity index (χ1) is 12.1. The maximum atomic E-state index is 11.7. The third-order valence-electron chi connectivity index (χ3n) is 3.92. The van der Waals surface area contributed by atoms with Gasteiger partial charge in [0.2, 0.25) is 0 Å². The minimum absolute atomic E-state index is 0.0450. The molecule has 7 heteroatoms. The standard InChI is InChI=1S/C18H15N5OS/c1-22-11-13(10-20-22)14-7-8-19-17(21-14)6-4-12-3-5-15-16(9-12)25-18(24)23(15)2/h3-11H,1-2H3/b6-4+. The van der Waals surface area contributed by atoms with Gasteiger partial charge < -0.3 is 4.57 Å². The number of fused-ring (bicyclic) bond motifs is 1. The second-order valence-corrected chi connectivity index (χ2v) is 6.68. The first-order valence-corrected chi connectivity index (χ1v) is 8.51. The third-order valence-corrected chi connectivity index (χ3v) is 4.91. The maximum absolute atomic E-state index is 11.7. The van der Waals surface area contributed by atoms with Crippen molar-refractivity contribution in [2.75, 3.05) is 0 Å². The average molecular weight is 349 g/mol. The quantitative estimate of drug-likeness (QED) is 0.570. The van der Waals surface area contributed by atoms with Crippen LogP contribution in [0.25, 0.3) is 33.6 Å². The van der Waals surface area contributed by atoms with Gasteiger partial charge in [-0.3, -0.25) is 9.48 Å². The number of benzene rings is 1. The summed E-state index contributed by atoms with van der Waals surface area (Å²) in [5, 5.41) is 4.17. The number of nitrogens with zero attached hydrogens (tertiary/aromatic N) is 5. The zero-order valence-corrected chi connectivity index (χ0v) is 14.6. The SMILES string of the molecule is Cn1cc(-c2ccnc(/C=C/c3ccc4c(c3)sc(=O)n4C)n2)cn1. The van der Waals surface area contributed by atoms with Gasteiger partial charge in [-0.1, -0.05) is 23.5 Å². The van der Waals surface area contributed by atoms with Gasteiger partial charge in [0, 0.05) is 32.1 Å². The molecular weight excluding hydrogens is 334 g/mol. The van der Waals surface area contributed by atoms with Crippen molar-refractivity contribution < 1.29 is 0 Å². The van der Waals surface area contributed by atoms with E-state index in [2.05, 4.69) is 15.1 Å². The molecule has 0 spiro atoms. The molecule has 0 N–H and O–H groups in total. The summed E-state index contributed by atoms with van der Waals surface area (Å²) < 4.78 is 4.38. The van der Waals surface area contributed by atoms with Crippen molar-refractivity contribution in [1.82, 2.24) is 24.3 Å². The molecule has 1 aromatic carbocycles. The van der Waals surface area contributed by atoms with Crippen molar-refractivity contribution in [2.45, 2.75) is 0 Å². The lowest BCUT2D eigenvalue weighted by Crippen LogP contribution is -2.06. The van der Waals surface area contributed by atoms with Crippen LogP contribution in [0.5, 0.6) is 0 Å². The Labute approximate surface area is 147 Å². The number of rotatable bonds is 3. The predicted molar refractivity (Wildman–Crippen MR) is 100 cm³/mol. The summed E-state index contributed by atoms with van der Waals surface area (Å²) in [5.74, 6) is 0.627. The van der Waals surface area contributed by atoms with Crippen LogP contribution in [0.2, 0.25) is 0 Å². The predicted octanol–water partition coefficient (Wildman–Crippen LogP) is 2.96. The van der Waals surface area contributed by atoms with Gasteiger partial charge in [0.25, 0.3) is 0 Å². The van der Waals surface area contributed by atoms with Gasteiger partial charge in [0.1, 0.15) is 0 Å². The fourth-order valence-corrected chi connectivity index (χ4v) is 3.52. The van der Waals surface area contributed by atoms with Crippen molar-refractivity contribution in [3.63, 3.8) is 0 Å². The maximum Gasteiger partial charge on any atom is 0.307 e. The molecule has 124 valence electrons. The molecule has 0 fully saturated rings. The zero-order valence-electron chi connectivity index (χ0n) is 13.7. The lowest BCUT2D eigenvalue weighted by Gasteiger charge is -1.99. The van der Waals surface area contributed by atoms with Crippen LogP contribution in [-0.4, -0.2) is 24.3 Å². The van der Waals surface area contributed by atoms with Crippen molar-refractivity contribution in [3.05, 3.63) is 63.9 Å². The van der Waals surface area contributed by atoms with Crippen LogP contribution >= 0.6 is 11.3 Å². The minimum atomic E-state index is 0.0450. The normalized spacial score (nSPS) is 11.6. The van der Waals surface area contributed by atoms with E-state index in [-0.39, 0.29) is 4.87 Å². The molecule has 0 saturated carbocycles. The molecular formula is C18H15N5OS. The number of thiazole rings is 1. The molecule has 4 aromatic rings. The highest BCUT2D eigenvalue weighted by Crippen LogP contribution is 2.20. The summed E-state index contributed by atoms with van der Waals surface area (Å²) in [6.45, 7) is 0. The molecule has 25 heavy (non-hydrogen) atoms. The fraction of sp³-hybridized carbons (Fsp3) is 0.111. The van der Waals surface area contributed by atoms with Crippen LogP contribution in [0.4, 0.5) is 0 Å². The van der Waals surface area contributed by atoms with Gasteiger partial charge >= 0.3 is 4.87 Å². The van der Waals surface area contributed by atoms with Crippen LogP contribution in [-0.2, 0) is 14.1 Å². The number of aromatic nitrogens is 5. The smallest absolute Gasteiger partial charge is 0.302 e. The summed E-state index contributed by atoms with van der Waals surface area (Å²) in [7, 11) is 3.66. The van der Waals surface area contributed by atoms with E-state index in [0.717, 1.165) is 27.0 Å². The molecule has 0 radical (unpaired) electrons. The van der Waals surface area contributed by atoms with E-state index in [1.807, 2.05) is 49.7 Å². The molecule has 0 atom stereocenters. The second-order valence-electron chi connectivity index (χ2n) is 5.69. The summed E-state index contributed by atoms with van der Waals surface area (Å²) in [6, 6.07) is 7.81. The topological polar surface area (TPSA) is 65.6 Å². The zero-order chi connectivity index (χ0) is 17.4. The van der Waals surface area contributed by atoms with Gasteiger partial charge in [0.05, 0.1) is 22.1 Å². The molecule has 3 heterocycles. The average Bonchev–Trinajstić information content (AvgIpc) is 3.17. The Morgan fingerprint density at radius 1 is 1.16 bits per heavy atom. The molecule has 6 nitrogen and oxygen atoms in total. The van der Waals surface area contributed by atoms with Crippen LogP contribution in [0.1, 0.15) is 11.4 Å². The largest absolute Gasteiger partial charge is 0.307 e. The Balaban J connectivity index is 1.64. The Hall–Kier alpha value is -3.06. The lowest BCUT2D eigenvalue weighted by atomic mass is 10.2. The van der Waals surface area contributed by atoms with E-state index in [4.69, 9.17) is 0 Å².